The summed E-state index contributed by atoms with van der Waals surface area (Å²) >= 11 is 0. The summed E-state index contributed by atoms with van der Waals surface area (Å²) in [5.41, 5.74) is 0.924. The van der Waals surface area contributed by atoms with Crippen LogP contribution >= 0.6 is 0 Å². The summed E-state index contributed by atoms with van der Waals surface area (Å²) in [7, 11) is 3.22. The van der Waals surface area contributed by atoms with Crippen LogP contribution in [0.3, 0.4) is 0 Å². The van der Waals surface area contributed by atoms with Crippen LogP contribution in [0.2, 0.25) is 0 Å². The topological polar surface area (TPSA) is 69.5 Å². The molecule has 7 nitrogen and oxygen atoms in total. The van der Waals surface area contributed by atoms with E-state index < -0.39 is 0 Å². The van der Waals surface area contributed by atoms with E-state index in [9.17, 15) is 4.79 Å². The number of likely N-dealkylation sites (tertiary alicyclic amines) is 1. The second-order valence-electron chi connectivity index (χ2n) is 7.55. The Kier molecular flexibility index (Phi) is 5.50. The molecule has 1 unspecified atom stereocenters. The molecular weight excluding hydrogens is 356 g/mol. The van der Waals surface area contributed by atoms with Crippen LogP contribution in [-0.2, 0) is 24.2 Å². The summed E-state index contributed by atoms with van der Waals surface area (Å²) in [4.78, 5) is 15.1. The first-order valence-corrected chi connectivity index (χ1v) is 10.1. The molecule has 150 valence electrons. The van der Waals surface area contributed by atoms with Gasteiger partial charge in [-0.15, -0.1) is 10.2 Å². The van der Waals surface area contributed by atoms with Crippen LogP contribution in [0, 0.1) is 0 Å². The van der Waals surface area contributed by atoms with Crippen LogP contribution in [0.1, 0.15) is 55.4 Å². The van der Waals surface area contributed by atoms with Crippen molar-refractivity contribution in [1.82, 2.24) is 19.7 Å². The number of aryl methyl sites for hydroxylation is 1. The van der Waals surface area contributed by atoms with Crippen molar-refractivity contribution >= 4 is 5.91 Å². The zero-order chi connectivity index (χ0) is 19.5. The Balaban J connectivity index is 1.52. The number of amides is 1. The number of hydrogen-bond donors (Lipinski definition) is 0. The summed E-state index contributed by atoms with van der Waals surface area (Å²) in [6.07, 6.45) is 6.85. The van der Waals surface area contributed by atoms with Crippen LogP contribution < -0.4 is 9.47 Å². The highest BCUT2D eigenvalue weighted by molar-refractivity contribution is 5.79. The number of carbonyl (C=O) groups is 1. The maximum absolute atomic E-state index is 13.1. The molecule has 0 N–H and O–H groups in total. The first-order valence-electron chi connectivity index (χ1n) is 10.1. The van der Waals surface area contributed by atoms with Gasteiger partial charge in [0.25, 0.3) is 0 Å². The summed E-state index contributed by atoms with van der Waals surface area (Å²) < 4.78 is 12.9. The molecule has 7 heteroatoms. The van der Waals surface area contributed by atoms with Gasteiger partial charge in [0.05, 0.1) is 26.7 Å². The van der Waals surface area contributed by atoms with Gasteiger partial charge in [-0.3, -0.25) is 4.79 Å². The zero-order valence-corrected chi connectivity index (χ0v) is 16.7. The molecule has 1 aromatic heterocycles. The molecule has 4 rings (SSSR count). The molecule has 0 bridgehead atoms. The predicted molar refractivity (Wildman–Crippen MR) is 105 cm³/mol. The molecule has 0 radical (unpaired) electrons. The van der Waals surface area contributed by atoms with E-state index in [1.165, 1.54) is 12.8 Å². The number of hydrogen-bond acceptors (Lipinski definition) is 5. The van der Waals surface area contributed by atoms with Gasteiger partial charge in [-0.1, -0.05) is 12.5 Å². The largest absolute Gasteiger partial charge is 0.493 e. The van der Waals surface area contributed by atoms with Gasteiger partial charge in [0, 0.05) is 19.5 Å². The Bertz CT molecular complexity index is 848. The third-order valence-corrected chi connectivity index (χ3v) is 5.81. The number of nitrogens with zero attached hydrogens (tertiary/aromatic N) is 4. The molecule has 1 atom stereocenters. The van der Waals surface area contributed by atoms with Crippen molar-refractivity contribution in [3.8, 4) is 11.5 Å². The van der Waals surface area contributed by atoms with E-state index in [1.54, 1.807) is 14.2 Å². The van der Waals surface area contributed by atoms with Crippen molar-refractivity contribution in [1.29, 1.82) is 0 Å². The molecule has 0 aliphatic carbocycles. The second kappa shape index (κ2) is 8.20. The smallest absolute Gasteiger partial charge is 0.227 e. The van der Waals surface area contributed by atoms with E-state index in [-0.39, 0.29) is 11.9 Å². The second-order valence-corrected chi connectivity index (χ2v) is 7.55. The van der Waals surface area contributed by atoms with Gasteiger partial charge in [0.15, 0.2) is 17.3 Å². The lowest BCUT2D eigenvalue weighted by atomic mass is 10.1. The van der Waals surface area contributed by atoms with Crippen LogP contribution in [0.5, 0.6) is 11.5 Å². The van der Waals surface area contributed by atoms with E-state index >= 15 is 0 Å². The van der Waals surface area contributed by atoms with Crippen molar-refractivity contribution in [3.05, 3.63) is 35.4 Å². The van der Waals surface area contributed by atoms with Crippen LogP contribution in [-0.4, -0.2) is 46.3 Å². The van der Waals surface area contributed by atoms with Gasteiger partial charge >= 0.3 is 0 Å². The maximum Gasteiger partial charge on any atom is 0.227 e. The molecule has 3 heterocycles. The molecule has 1 saturated heterocycles. The van der Waals surface area contributed by atoms with Crippen LogP contribution in [0.25, 0.3) is 0 Å². The Hall–Kier alpha value is -2.57. The maximum atomic E-state index is 13.1. The summed E-state index contributed by atoms with van der Waals surface area (Å²) in [5.74, 6) is 3.49. The van der Waals surface area contributed by atoms with Crippen LogP contribution in [0.15, 0.2) is 18.2 Å². The van der Waals surface area contributed by atoms with Crippen molar-refractivity contribution in [2.24, 2.45) is 0 Å². The number of ether oxygens (including phenoxy) is 2. The molecule has 1 aromatic carbocycles. The first-order chi connectivity index (χ1) is 13.7. The fourth-order valence-corrected chi connectivity index (χ4v) is 4.35. The molecule has 2 aromatic rings. The zero-order valence-electron chi connectivity index (χ0n) is 16.7. The quantitative estimate of drug-likeness (QED) is 0.793. The van der Waals surface area contributed by atoms with E-state index in [0.29, 0.717) is 17.9 Å². The van der Waals surface area contributed by atoms with Crippen molar-refractivity contribution in [2.45, 2.75) is 57.5 Å². The minimum absolute atomic E-state index is 0.0343. The van der Waals surface area contributed by atoms with Gasteiger partial charge in [-0.25, -0.2) is 0 Å². The summed E-state index contributed by atoms with van der Waals surface area (Å²) in [6.45, 7) is 1.74. The fourth-order valence-electron chi connectivity index (χ4n) is 4.35. The summed E-state index contributed by atoms with van der Waals surface area (Å²) in [6, 6.07) is 5.69. The monoisotopic (exact) mass is 384 g/mol. The fraction of sp³-hybridized carbons (Fsp3) is 0.571. The van der Waals surface area contributed by atoms with E-state index in [0.717, 1.165) is 56.0 Å². The van der Waals surface area contributed by atoms with Crippen molar-refractivity contribution in [2.75, 3.05) is 20.8 Å². The number of aromatic nitrogens is 3. The molecule has 1 fully saturated rings. The minimum atomic E-state index is 0.0343. The average molecular weight is 384 g/mol. The number of methoxy groups -OCH3 is 2. The number of benzene rings is 1. The normalized spacial score (nSPS) is 19.2. The highest BCUT2D eigenvalue weighted by Crippen LogP contribution is 2.33. The summed E-state index contributed by atoms with van der Waals surface area (Å²) in [5, 5.41) is 8.92. The van der Waals surface area contributed by atoms with Crippen molar-refractivity contribution < 1.29 is 14.3 Å². The van der Waals surface area contributed by atoms with E-state index in [4.69, 9.17) is 9.47 Å². The molecule has 1 amide bonds. The molecular formula is C21H28N4O3. The number of carbonyl (C=O) groups excluding carboxylic acids is 1. The van der Waals surface area contributed by atoms with Crippen LogP contribution in [0.4, 0.5) is 0 Å². The SMILES string of the molecule is COc1ccc(CC(=O)N2CCCC2c2nnc3n2CCCCC3)cc1OC. The van der Waals surface area contributed by atoms with Gasteiger partial charge in [0.2, 0.25) is 5.91 Å². The molecule has 2 aliphatic heterocycles. The lowest BCUT2D eigenvalue weighted by Crippen LogP contribution is -2.33. The number of fused-ring (bicyclic) bond motifs is 1. The van der Waals surface area contributed by atoms with E-state index in [2.05, 4.69) is 14.8 Å². The third kappa shape index (κ3) is 3.57. The van der Waals surface area contributed by atoms with Gasteiger partial charge in [-0.05, 0) is 43.4 Å². The predicted octanol–water partition coefficient (Wildman–Crippen LogP) is 2.93. The lowest BCUT2D eigenvalue weighted by molar-refractivity contribution is -0.131. The van der Waals surface area contributed by atoms with Gasteiger partial charge in [-0.2, -0.15) is 0 Å². The van der Waals surface area contributed by atoms with E-state index in [1.807, 2.05) is 23.1 Å². The Labute approximate surface area is 165 Å². The Morgan fingerprint density at radius 1 is 1.07 bits per heavy atom. The molecule has 0 saturated carbocycles. The molecule has 0 spiro atoms. The highest BCUT2D eigenvalue weighted by atomic mass is 16.5. The first kappa shape index (κ1) is 18.8. The standard InChI is InChI=1S/C21H28N4O3/c1-27-17-10-9-15(13-18(17)28-2)14-20(26)24-12-6-7-16(24)21-23-22-19-8-4-3-5-11-25(19)21/h9-10,13,16H,3-8,11-12,14H2,1-2H3. The van der Waals surface area contributed by atoms with Crippen molar-refractivity contribution in [3.63, 3.8) is 0 Å². The third-order valence-electron chi connectivity index (χ3n) is 5.81. The molecule has 28 heavy (non-hydrogen) atoms. The lowest BCUT2D eigenvalue weighted by Gasteiger charge is -2.25. The number of rotatable bonds is 5. The highest BCUT2D eigenvalue weighted by Gasteiger charge is 2.34. The van der Waals surface area contributed by atoms with Gasteiger partial charge < -0.3 is 18.9 Å². The van der Waals surface area contributed by atoms with Gasteiger partial charge in [0.1, 0.15) is 5.82 Å². The average Bonchev–Trinajstić information content (AvgIpc) is 3.28. The molecule has 2 aliphatic rings. The Morgan fingerprint density at radius 2 is 1.93 bits per heavy atom. The Morgan fingerprint density at radius 3 is 2.75 bits per heavy atom. The minimum Gasteiger partial charge on any atom is -0.493 e.